The Morgan fingerprint density at radius 3 is 2.64 bits per heavy atom. The van der Waals surface area contributed by atoms with Crippen LogP contribution in [0.3, 0.4) is 0 Å². The van der Waals surface area contributed by atoms with Crippen LogP contribution in [0, 0.1) is 0 Å². The zero-order chi connectivity index (χ0) is 15.4. The molecule has 112 valence electrons. The van der Waals surface area contributed by atoms with Gasteiger partial charge in [-0.2, -0.15) is 0 Å². The molecule has 0 aliphatic heterocycles. The molecule has 0 amide bonds. The number of aromatic nitrogens is 1. The number of para-hydroxylation sites is 1. The van der Waals surface area contributed by atoms with Crippen molar-refractivity contribution in [2.24, 2.45) is 0 Å². The van der Waals surface area contributed by atoms with Gasteiger partial charge in [-0.3, -0.25) is 0 Å². The quantitative estimate of drug-likeness (QED) is 0.723. The van der Waals surface area contributed by atoms with E-state index >= 15 is 0 Å². The van der Waals surface area contributed by atoms with Crippen molar-refractivity contribution < 1.29 is 9.53 Å². The lowest BCUT2D eigenvalue weighted by Gasteiger charge is -2.16. The number of benzene rings is 2. The molecule has 2 aromatic carbocycles. The molecule has 1 N–H and O–H groups in total. The zero-order valence-electron chi connectivity index (χ0n) is 12.2. The van der Waals surface area contributed by atoms with Crippen LogP contribution in [-0.4, -0.2) is 17.6 Å². The summed E-state index contributed by atoms with van der Waals surface area (Å²) in [4.78, 5) is 16.8. The van der Waals surface area contributed by atoms with Crippen LogP contribution in [0.5, 0.6) is 0 Å². The van der Waals surface area contributed by atoms with Crippen molar-refractivity contribution in [3.05, 3.63) is 60.2 Å². The van der Waals surface area contributed by atoms with Crippen molar-refractivity contribution in [2.45, 2.75) is 13.0 Å². The number of thiazole rings is 1. The predicted molar refractivity (Wildman–Crippen MR) is 89.1 cm³/mol. The average Bonchev–Trinajstić information content (AvgIpc) is 2.96. The van der Waals surface area contributed by atoms with Crippen molar-refractivity contribution in [3.63, 3.8) is 0 Å². The molecule has 0 radical (unpaired) electrons. The number of carbonyl (C=O) groups excluding carboxylic acids is 1. The molecule has 3 rings (SSSR count). The number of hydrogen-bond donors (Lipinski definition) is 1. The second-order valence-electron chi connectivity index (χ2n) is 4.73. The standard InChI is InChI=1S/C17H16N2O2S/c1-2-21-16(20)15(12-8-4-3-5-9-12)19-17-18-13-10-6-7-11-14(13)22-17/h3-11,15H,2H2,1H3,(H,18,19)/t15-/m0/s1. The predicted octanol–water partition coefficient (Wildman–Crippen LogP) is 4.01. The van der Waals surface area contributed by atoms with Crippen LogP contribution in [-0.2, 0) is 9.53 Å². The maximum atomic E-state index is 12.3. The number of hydrogen-bond acceptors (Lipinski definition) is 5. The van der Waals surface area contributed by atoms with Gasteiger partial charge < -0.3 is 10.1 Å². The van der Waals surface area contributed by atoms with Gasteiger partial charge in [0, 0.05) is 0 Å². The van der Waals surface area contributed by atoms with Crippen LogP contribution in [0.15, 0.2) is 54.6 Å². The summed E-state index contributed by atoms with van der Waals surface area (Å²) in [6.45, 7) is 2.15. The Balaban J connectivity index is 1.90. The first-order valence-electron chi connectivity index (χ1n) is 7.11. The van der Waals surface area contributed by atoms with E-state index < -0.39 is 6.04 Å². The summed E-state index contributed by atoms with van der Waals surface area (Å²) in [7, 11) is 0. The van der Waals surface area contributed by atoms with Gasteiger partial charge in [0.05, 0.1) is 16.8 Å². The fraction of sp³-hybridized carbons (Fsp3) is 0.176. The van der Waals surface area contributed by atoms with E-state index in [2.05, 4.69) is 10.3 Å². The Morgan fingerprint density at radius 2 is 1.91 bits per heavy atom. The topological polar surface area (TPSA) is 51.2 Å². The monoisotopic (exact) mass is 312 g/mol. The minimum absolute atomic E-state index is 0.298. The van der Waals surface area contributed by atoms with E-state index in [1.165, 1.54) is 11.3 Å². The van der Waals surface area contributed by atoms with Gasteiger partial charge in [0.15, 0.2) is 11.2 Å². The van der Waals surface area contributed by atoms with E-state index in [1.54, 1.807) is 6.92 Å². The summed E-state index contributed by atoms with van der Waals surface area (Å²) in [6, 6.07) is 16.9. The van der Waals surface area contributed by atoms with Crippen molar-refractivity contribution in [2.75, 3.05) is 11.9 Å². The van der Waals surface area contributed by atoms with Crippen LogP contribution in [0.2, 0.25) is 0 Å². The molecule has 3 aromatic rings. The number of ether oxygens (including phenoxy) is 1. The maximum Gasteiger partial charge on any atom is 0.333 e. The molecule has 5 heteroatoms. The molecule has 1 atom stereocenters. The third-order valence-electron chi connectivity index (χ3n) is 3.22. The van der Waals surface area contributed by atoms with E-state index in [0.29, 0.717) is 11.7 Å². The van der Waals surface area contributed by atoms with Gasteiger partial charge in [0.2, 0.25) is 0 Å². The molecule has 0 saturated heterocycles. The smallest absolute Gasteiger partial charge is 0.333 e. The highest BCUT2D eigenvalue weighted by Gasteiger charge is 2.22. The lowest BCUT2D eigenvalue weighted by atomic mass is 10.1. The van der Waals surface area contributed by atoms with Gasteiger partial charge in [-0.05, 0) is 24.6 Å². The molecule has 1 heterocycles. The molecule has 22 heavy (non-hydrogen) atoms. The normalized spacial score (nSPS) is 12.0. The molecule has 0 bridgehead atoms. The molecule has 0 fully saturated rings. The Hall–Kier alpha value is -2.40. The van der Waals surface area contributed by atoms with Gasteiger partial charge in [-0.1, -0.05) is 53.8 Å². The van der Waals surface area contributed by atoms with Crippen LogP contribution in [0.1, 0.15) is 18.5 Å². The molecule has 0 spiro atoms. The number of anilines is 1. The van der Waals surface area contributed by atoms with Crippen LogP contribution in [0.25, 0.3) is 10.2 Å². The van der Waals surface area contributed by atoms with Crippen molar-refractivity contribution in [1.29, 1.82) is 0 Å². The molecule has 0 aliphatic carbocycles. The van der Waals surface area contributed by atoms with Gasteiger partial charge in [-0.15, -0.1) is 0 Å². The second-order valence-corrected chi connectivity index (χ2v) is 5.76. The third kappa shape index (κ3) is 3.09. The van der Waals surface area contributed by atoms with Crippen LogP contribution < -0.4 is 5.32 Å². The minimum atomic E-state index is -0.554. The van der Waals surface area contributed by atoms with Gasteiger partial charge in [0.25, 0.3) is 0 Å². The summed E-state index contributed by atoms with van der Waals surface area (Å²) >= 11 is 1.53. The average molecular weight is 312 g/mol. The largest absolute Gasteiger partial charge is 0.464 e. The molecular formula is C17H16N2O2S. The third-order valence-corrected chi connectivity index (χ3v) is 4.18. The minimum Gasteiger partial charge on any atom is -0.464 e. The van der Waals surface area contributed by atoms with E-state index in [1.807, 2.05) is 54.6 Å². The molecule has 4 nitrogen and oxygen atoms in total. The highest BCUT2D eigenvalue weighted by molar-refractivity contribution is 7.22. The Bertz CT molecular complexity index is 737. The molecule has 0 unspecified atom stereocenters. The summed E-state index contributed by atoms with van der Waals surface area (Å²) in [6.07, 6.45) is 0. The highest BCUT2D eigenvalue weighted by atomic mass is 32.1. The number of rotatable bonds is 5. The second kappa shape index (κ2) is 6.58. The molecular weight excluding hydrogens is 296 g/mol. The summed E-state index contributed by atoms with van der Waals surface area (Å²) in [5, 5.41) is 3.91. The van der Waals surface area contributed by atoms with Crippen molar-refractivity contribution in [1.82, 2.24) is 4.98 Å². The first-order chi connectivity index (χ1) is 10.8. The van der Waals surface area contributed by atoms with Crippen molar-refractivity contribution in [3.8, 4) is 0 Å². The summed E-state index contributed by atoms with van der Waals surface area (Å²) < 4.78 is 6.26. The van der Waals surface area contributed by atoms with E-state index in [4.69, 9.17) is 4.74 Å². The Kier molecular flexibility index (Phi) is 4.34. The Labute approximate surface area is 132 Å². The van der Waals surface area contributed by atoms with Crippen molar-refractivity contribution >= 4 is 32.7 Å². The fourth-order valence-electron chi connectivity index (χ4n) is 2.21. The lowest BCUT2D eigenvalue weighted by molar-refractivity contribution is -0.144. The molecule has 1 aromatic heterocycles. The molecule has 0 saturated carbocycles. The van der Waals surface area contributed by atoms with Gasteiger partial charge in [-0.25, -0.2) is 9.78 Å². The van der Waals surface area contributed by atoms with E-state index in [9.17, 15) is 4.79 Å². The lowest BCUT2D eigenvalue weighted by Crippen LogP contribution is -2.23. The van der Waals surface area contributed by atoms with E-state index in [-0.39, 0.29) is 5.97 Å². The Morgan fingerprint density at radius 1 is 1.18 bits per heavy atom. The van der Waals surface area contributed by atoms with Gasteiger partial charge >= 0.3 is 5.97 Å². The van der Waals surface area contributed by atoms with Crippen LogP contribution in [0.4, 0.5) is 5.13 Å². The SMILES string of the molecule is CCOC(=O)[C@@H](Nc1nc2ccccc2s1)c1ccccc1. The highest BCUT2D eigenvalue weighted by Crippen LogP contribution is 2.29. The van der Waals surface area contributed by atoms with E-state index in [0.717, 1.165) is 15.8 Å². The first kappa shape index (κ1) is 14.5. The molecule has 0 aliphatic rings. The van der Waals surface area contributed by atoms with Crippen LogP contribution >= 0.6 is 11.3 Å². The summed E-state index contributed by atoms with van der Waals surface area (Å²) in [5.74, 6) is -0.298. The maximum absolute atomic E-state index is 12.3. The number of nitrogens with one attached hydrogen (secondary N) is 1. The number of fused-ring (bicyclic) bond motifs is 1. The number of carbonyl (C=O) groups is 1. The van der Waals surface area contributed by atoms with Gasteiger partial charge in [0.1, 0.15) is 0 Å². The fourth-order valence-corrected chi connectivity index (χ4v) is 3.10. The number of esters is 1. The first-order valence-corrected chi connectivity index (χ1v) is 7.93. The number of nitrogens with zero attached hydrogens (tertiary/aromatic N) is 1. The summed E-state index contributed by atoms with van der Waals surface area (Å²) in [5.41, 5.74) is 1.78. The zero-order valence-corrected chi connectivity index (χ0v) is 13.0.